The van der Waals surface area contributed by atoms with Crippen molar-refractivity contribution in [1.82, 2.24) is 0 Å². The van der Waals surface area contributed by atoms with E-state index in [4.69, 9.17) is 16.2 Å². The minimum atomic E-state index is 0. The molecule has 5 N–H and O–H groups in total. The van der Waals surface area contributed by atoms with Crippen LogP contribution in [0.15, 0.2) is 64.6 Å². The molecule has 0 aliphatic heterocycles. The van der Waals surface area contributed by atoms with Crippen molar-refractivity contribution in [1.29, 1.82) is 0 Å². The van der Waals surface area contributed by atoms with Gasteiger partial charge in [0.1, 0.15) is 5.75 Å². The second-order valence-corrected chi connectivity index (χ2v) is 4.51. The zero-order chi connectivity index (χ0) is 15.8. The molecule has 0 aliphatic rings. The van der Waals surface area contributed by atoms with Crippen molar-refractivity contribution < 1.29 is 4.74 Å². The van der Waals surface area contributed by atoms with Crippen LogP contribution in [0.4, 0.5) is 5.69 Å². The average molecular weight is 334 g/mol. The van der Waals surface area contributed by atoms with Gasteiger partial charge in [-0.05, 0) is 29.8 Å². The van der Waals surface area contributed by atoms with E-state index in [9.17, 15) is 0 Å². The fraction of sp³-hybridized carbons (Fsp3) is 0.125. The summed E-state index contributed by atoms with van der Waals surface area (Å²) in [5.74, 6) is 1.08. The Bertz CT molecular complexity index is 656. The maximum absolute atomic E-state index is 5.79. The summed E-state index contributed by atoms with van der Waals surface area (Å²) < 4.78 is 5.08. The van der Waals surface area contributed by atoms with E-state index in [0.29, 0.717) is 6.54 Å². The lowest BCUT2D eigenvalue weighted by Crippen LogP contribution is -2.26. The van der Waals surface area contributed by atoms with Gasteiger partial charge in [0.2, 0.25) is 11.9 Å². The molecule has 2 rings (SSSR count). The van der Waals surface area contributed by atoms with Crippen LogP contribution in [0, 0.1) is 0 Å². The van der Waals surface area contributed by atoms with Gasteiger partial charge in [0.15, 0.2) is 0 Å². The van der Waals surface area contributed by atoms with E-state index in [0.717, 1.165) is 17.0 Å². The maximum Gasteiger partial charge on any atom is 0.218 e. The molecule has 6 nitrogen and oxygen atoms in total. The van der Waals surface area contributed by atoms with Gasteiger partial charge in [0.25, 0.3) is 0 Å². The zero-order valence-corrected chi connectivity index (χ0v) is 13.6. The smallest absolute Gasteiger partial charge is 0.218 e. The number of methoxy groups -OCH3 is 1. The number of nitrogens with two attached hydrogens (primary N) is 2. The van der Waals surface area contributed by atoms with E-state index in [1.165, 1.54) is 0 Å². The summed E-state index contributed by atoms with van der Waals surface area (Å²) in [7, 11) is 1.61. The first-order valence-electron chi connectivity index (χ1n) is 6.76. The van der Waals surface area contributed by atoms with Crippen LogP contribution in [0.1, 0.15) is 5.56 Å². The Morgan fingerprint density at radius 2 is 1.70 bits per heavy atom. The van der Waals surface area contributed by atoms with Crippen molar-refractivity contribution in [3.8, 4) is 5.75 Å². The predicted molar refractivity (Wildman–Crippen MR) is 97.3 cm³/mol. The summed E-state index contributed by atoms with van der Waals surface area (Å²) in [6.07, 6.45) is 0. The molecule has 0 heterocycles. The maximum atomic E-state index is 5.79. The molecule has 2 aromatic carbocycles. The van der Waals surface area contributed by atoms with Crippen molar-refractivity contribution in [3.05, 3.63) is 60.2 Å². The molecule has 0 amide bonds. The van der Waals surface area contributed by atoms with Crippen molar-refractivity contribution >= 4 is 30.0 Å². The topological polar surface area (TPSA) is 98.0 Å². The molecule has 0 aliphatic carbocycles. The number of rotatable bonds is 4. The fourth-order valence-corrected chi connectivity index (χ4v) is 1.76. The van der Waals surface area contributed by atoms with E-state index >= 15 is 0 Å². The van der Waals surface area contributed by atoms with Crippen LogP contribution >= 0.6 is 12.4 Å². The van der Waals surface area contributed by atoms with Gasteiger partial charge in [-0.15, -0.1) is 12.4 Å². The highest BCUT2D eigenvalue weighted by atomic mass is 35.5. The number of halogens is 1. The van der Waals surface area contributed by atoms with Gasteiger partial charge in [-0.25, -0.2) is 4.99 Å². The van der Waals surface area contributed by atoms with Crippen LogP contribution in [-0.4, -0.2) is 19.0 Å². The average Bonchev–Trinajstić information content (AvgIpc) is 2.54. The first-order chi connectivity index (χ1) is 10.7. The number of hydrogen-bond acceptors (Lipinski definition) is 2. The summed E-state index contributed by atoms with van der Waals surface area (Å²) in [6, 6.07) is 17.1. The summed E-state index contributed by atoms with van der Waals surface area (Å²) in [5.41, 5.74) is 13.4. The van der Waals surface area contributed by atoms with Crippen LogP contribution in [-0.2, 0) is 6.54 Å². The molecule has 0 spiro atoms. The zero-order valence-electron chi connectivity index (χ0n) is 12.8. The molecule has 2 aromatic rings. The number of anilines is 1. The molecular weight excluding hydrogens is 314 g/mol. The van der Waals surface area contributed by atoms with Crippen LogP contribution in [0.5, 0.6) is 5.75 Å². The van der Waals surface area contributed by atoms with Gasteiger partial charge in [0.05, 0.1) is 13.7 Å². The minimum absolute atomic E-state index is 0. The number of ether oxygens (including phenoxy) is 1. The number of guanidine groups is 2. The molecule has 0 aromatic heterocycles. The van der Waals surface area contributed by atoms with Gasteiger partial charge in [-0.2, -0.15) is 4.99 Å². The highest BCUT2D eigenvalue weighted by molar-refractivity contribution is 6.00. The van der Waals surface area contributed by atoms with Crippen molar-refractivity contribution in [3.63, 3.8) is 0 Å². The molecule has 0 bridgehead atoms. The molecule has 0 saturated carbocycles. The molecule has 122 valence electrons. The summed E-state index contributed by atoms with van der Waals surface area (Å²) in [6.45, 7) is 0.464. The number of nitrogens with zero attached hydrogens (tertiary/aromatic N) is 2. The molecule has 0 saturated heterocycles. The summed E-state index contributed by atoms with van der Waals surface area (Å²) in [5, 5.41) is 2.93. The third-order valence-corrected chi connectivity index (χ3v) is 2.86. The number of aliphatic imine (C=N–C) groups is 2. The van der Waals surface area contributed by atoms with Gasteiger partial charge in [-0.1, -0.05) is 30.3 Å². The highest BCUT2D eigenvalue weighted by Crippen LogP contribution is 2.14. The minimum Gasteiger partial charge on any atom is -0.497 e. The Morgan fingerprint density at radius 1 is 1.04 bits per heavy atom. The molecular formula is C16H20ClN5O. The second kappa shape index (κ2) is 9.32. The third kappa shape index (κ3) is 6.27. The number of hydrogen-bond donors (Lipinski definition) is 3. The fourth-order valence-electron chi connectivity index (χ4n) is 1.76. The van der Waals surface area contributed by atoms with Gasteiger partial charge >= 0.3 is 0 Å². The molecule has 7 heteroatoms. The summed E-state index contributed by atoms with van der Waals surface area (Å²) >= 11 is 0. The van der Waals surface area contributed by atoms with Gasteiger partial charge in [-0.3, -0.25) is 0 Å². The Balaban J connectivity index is 0.00000264. The Morgan fingerprint density at radius 3 is 2.30 bits per heavy atom. The largest absolute Gasteiger partial charge is 0.497 e. The standard InChI is InChI=1S/C16H19N5O.ClH/c1-22-14-9-7-13(8-10-14)20-16(18)21-15(17)19-11-12-5-3-2-4-6-12;/h2-10H,11H2,1H3,(H5,17,18,19,20,21);1H. The van der Waals surface area contributed by atoms with Crippen LogP contribution < -0.4 is 21.5 Å². The third-order valence-electron chi connectivity index (χ3n) is 2.86. The SMILES string of the molecule is COc1ccc(N/C(N)=N/C(N)=NCc2ccccc2)cc1.Cl. The van der Waals surface area contributed by atoms with E-state index in [2.05, 4.69) is 15.3 Å². The van der Waals surface area contributed by atoms with Crippen LogP contribution in [0.2, 0.25) is 0 Å². The number of nitrogens with one attached hydrogen (secondary N) is 1. The second-order valence-electron chi connectivity index (χ2n) is 4.51. The van der Waals surface area contributed by atoms with E-state index in [1.54, 1.807) is 7.11 Å². The first-order valence-corrected chi connectivity index (χ1v) is 6.76. The highest BCUT2D eigenvalue weighted by Gasteiger charge is 1.98. The van der Waals surface area contributed by atoms with Crippen molar-refractivity contribution in [2.45, 2.75) is 6.54 Å². The predicted octanol–water partition coefficient (Wildman–Crippen LogP) is 2.36. The van der Waals surface area contributed by atoms with Crippen molar-refractivity contribution in [2.24, 2.45) is 21.5 Å². The number of benzene rings is 2. The Hall–Kier alpha value is -2.73. The normalized spacial score (nSPS) is 11.5. The van der Waals surface area contributed by atoms with E-state index in [1.807, 2.05) is 54.6 Å². The monoisotopic (exact) mass is 333 g/mol. The first kappa shape index (κ1) is 18.3. The van der Waals surface area contributed by atoms with Crippen LogP contribution in [0.3, 0.4) is 0 Å². The molecule has 0 fully saturated rings. The Kier molecular flexibility index (Phi) is 7.42. The van der Waals surface area contributed by atoms with Gasteiger partial charge in [0, 0.05) is 5.69 Å². The lowest BCUT2D eigenvalue weighted by Gasteiger charge is -2.06. The quantitative estimate of drug-likeness (QED) is 0.591. The Labute approximate surface area is 141 Å². The van der Waals surface area contributed by atoms with Crippen LogP contribution in [0.25, 0.3) is 0 Å². The molecule has 0 atom stereocenters. The lowest BCUT2D eigenvalue weighted by atomic mass is 10.2. The lowest BCUT2D eigenvalue weighted by molar-refractivity contribution is 0.415. The van der Waals surface area contributed by atoms with Gasteiger partial charge < -0.3 is 21.5 Å². The van der Waals surface area contributed by atoms with Crippen molar-refractivity contribution in [2.75, 3.05) is 12.4 Å². The molecule has 23 heavy (non-hydrogen) atoms. The molecule has 0 radical (unpaired) electrons. The van der Waals surface area contributed by atoms with E-state index < -0.39 is 0 Å². The molecule has 0 unspecified atom stereocenters. The summed E-state index contributed by atoms with van der Waals surface area (Å²) in [4.78, 5) is 8.18. The van der Waals surface area contributed by atoms with E-state index in [-0.39, 0.29) is 24.3 Å².